The first-order chi connectivity index (χ1) is 14.6. The number of nitro groups is 1. The van der Waals surface area contributed by atoms with Gasteiger partial charge in [-0.05, 0) is 12.0 Å². The summed E-state index contributed by atoms with van der Waals surface area (Å²) >= 11 is 0. The Bertz CT molecular complexity index is 812. The Balaban J connectivity index is 1.76. The molecule has 0 radical (unpaired) electrons. The van der Waals surface area contributed by atoms with Crippen LogP contribution in [0.25, 0.3) is 0 Å². The van der Waals surface area contributed by atoms with Crippen molar-refractivity contribution in [3.05, 3.63) is 52.3 Å². The van der Waals surface area contributed by atoms with Gasteiger partial charge in [-0.25, -0.2) is 9.97 Å². The van der Waals surface area contributed by atoms with E-state index < -0.39 is 0 Å². The molecule has 0 spiro atoms. The predicted molar refractivity (Wildman–Crippen MR) is 117 cm³/mol. The molecule has 1 aromatic heterocycles. The number of aromatic nitrogens is 2. The van der Waals surface area contributed by atoms with Crippen LogP contribution in [0.5, 0.6) is 0 Å². The van der Waals surface area contributed by atoms with E-state index in [1.165, 1.54) is 11.9 Å². The number of anilines is 2. The van der Waals surface area contributed by atoms with Crippen molar-refractivity contribution in [1.29, 1.82) is 0 Å². The third-order valence-corrected chi connectivity index (χ3v) is 5.25. The maximum atomic E-state index is 12.0. The number of nitrogens with zero attached hydrogens (tertiary/aromatic N) is 6. The zero-order valence-corrected chi connectivity index (χ0v) is 17.7. The van der Waals surface area contributed by atoms with E-state index in [0.717, 1.165) is 26.1 Å². The van der Waals surface area contributed by atoms with Gasteiger partial charge in [-0.2, -0.15) is 0 Å². The molecule has 0 atom stereocenters. The smallest absolute Gasteiger partial charge is 0.353 e. The van der Waals surface area contributed by atoms with Gasteiger partial charge >= 0.3 is 5.69 Å². The van der Waals surface area contributed by atoms with Gasteiger partial charge in [0.05, 0.1) is 11.5 Å². The lowest BCUT2D eigenvalue weighted by atomic mass is 10.2. The van der Waals surface area contributed by atoms with Crippen molar-refractivity contribution < 1.29 is 9.66 Å². The number of hydrogen-bond donors (Lipinski definition) is 0. The predicted octanol–water partition coefficient (Wildman–Crippen LogP) is 2.57. The summed E-state index contributed by atoms with van der Waals surface area (Å²) in [5.74, 6) is 0.776. The van der Waals surface area contributed by atoms with Crippen LogP contribution >= 0.6 is 0 Å². The highest BCUT2D eigenvalue weighted by atomic mass is 16.6. The zero-order valence-electron chi connectivity index (χ0n) is 17.7. The quantitative estimate of drug-likeness (QED) is 0.433. The second-order valence-corrected chi connectivity index (χ2v) is 7.36. The monoisotopic (exact) mass is 414 g/mol. The maximum absolute atomic E-state index is 12.0. The van der Waals surface area contributed by atoms with Gasteiger partial charge < -0.3 is 14.5 Å². The molecule has 1 aromatic carbocycles. The highest BCUT2D eigenvalue weighted by Crippen LogP contribution is 2.34. The number of methoxy groups -OCH3 is 1. The summed E-state index contributed by atoms with van der Waals surface area (Å²) in [6.07, 6.45) is 2.29. The molecule has 1 saturated heterocycles. The molecule has 30 heavy (non-hydrogen) atoms. The molecular weight excluding hydrogens is 384 g/mol. The van der Waals surface area contributed by atoms with Crippen LogP contribution in [0.4, 0.5) is 17.3 Å². The van der Waals surface area contributed by atoms with Crippen LogP contribution in [-0.4, -0.2) is 72.8 Å². The van der Waals surface area contributed by atoms with Gasteiger partial charge in [-0.3, -0.25) is 15.0 Å². The molecule has 0 unspecified atom stereocenters. The molecule has 0 aliphatic carbocycles. The summed E-state index contributed by atoms with van der Waals surface area (Å²) in [5.41, 5.74) is 1.26. The Morgan fingerprint density at radius 1 is 1.13 bits per heavy atom. The number of piperazine rings is 1. The van der Waals surface area contributed by atoms with Crippen LogP contribution in [0.3, 0.4) is 0 Å². The Morgan fingerprint density at radius 3 is 2.50 bits per heavy atom. The molecule has 3 rings (SSSR count). The Kier molecular flexibility index (Phi) is 7.92. The first-order valence-corrected chi connectivity index (χ1v) is 10.4. The fourth-order valence-electron chi connectivity index (χ4n) is 3.74. The van der Waals surface area contributed by atoms with Crippen LogP contribution in [-0.2, 0) is 11.3 Å². The number of benzene rings is 1. The number of hydrogen-bond acceptors (Lipinski definition) is 8. The molecule has 2 aromatic rings. The van der Waals surface area contributed by atoms with Gasteiger partial charge in [-0.1, -0.05) is 37.3 Å². The van der Waals surface area contributed by atoms with Crippen LogP contribution in [0.1, 0.15) is 18.9 Å². The topological polar surface area (TPSA) is 87.9 Å². The van der Waals surface area contributed by atoms with Crippen molar-refractivity contribution in [2.24, 2.45) is 0 Å². The summed E-state index contributed by atoms with van der Waals surface area (Å²) in [6, 6.07) is 10.3. The summed E-state index contributed by atoms with van der Waals surface area (Å²) in [7, 11) is 1.62. The zero-order chi connectivity index (χ0) is 21.3. The minimum absolute atomic E-state index is 0.0152. The first-order valence-electron chi connectivity index (χ1n) is 10.4. The van der Waals surface area contributed by atoms with Gasteiger partial charge in [0.2, 0.25) is 11.6 Å². The van der Waals surface area contributed by atoms with Gasteiger partial charge in [0.25, 0.3) is 0 Å². The van der Waals surface area contributed by atoms with E-state index in [-0.39, 0.29) is 10.6 Å². The average Bonchev–Trinajstić information content (AvgIpc) is 2.77. The van der Waals surface area contributed by atoms with Crippen LogP contribution < -0.4 is 9.80 Å². The second-order valence-electron chi connectivity index (χ2n) is 7.36. The van der Waals surface area contributed by atoms with E-state index in [4.69, 9.17) is 4.74 Å². The highest BCUT2D eigenvalue weighted by Gasteiger charge is 2.31. The standard InChI is InChI=1S/C21H30N6O3/c1-3-9-25(14-15-30-2)20-19(27(28)29)21(23-17-22-20)26-12-10-24(11-13-26)16-18-7-5-4-6-8-18/h4-8,17H,3,9-16H2,1-2H3. The highest BCUT2D eigenvalue weighted by molar-refractivity contribution is 5.71. The van der Waals surface area contributed by atoms with Crippen molar-refractivity contribution >= 4 is 17.3 Å². The average molecular weight is 415 g/mol. The molecule has 1 aliphatic heterocycles. The first kappa shape index (κ1) is 21.9. The SMILES string of the molecule is CCCN(CCOC)c1ncnc(N2CCN(Cc3ccccc3)CC2)c1[N+](=O)[O-]. The lowest BCUT2D eigenvalue weighted by Gasteiger charge is -2.35. The molecule has 9 heteroatoms. The van der Waals surface area contributed by atoms with E-state index >= 15 is 0 Å². The van der Waals surface area contributed by atoms with E-state index in [0.29, 0.717) is 44.4 Å². The van der Waals surface area contributed by atoms with Gasteiger partial charge in [0.1, 0.15) is 6.33 Å². The largest absolute Gasteiger partial charge is 0.383 e. The summed E-state index contributed by atoms with van der Waals surface area (Å²) in [5, 5.41) is 12.0. The van der Waals surface area contributed by atoms with Gasteiger partial charge in [-0.15, -0.1) is 0 Å². The molecule has 0 N–H and O–H groups in total. The molecule has 0 amide bonds. The van der Waals surface area contributed by atoms with Crippen LogP contribution in [0, 0.1) is 10.1 Å². The van der Waals surface area contributed by atoms with E-state index in [9.17, 15) is 10.1 Å². The third-order valence-electron chi connectivity index (χ3n) is 5.25. The number of rotatable bonds is 10. The van der Waals surface area contributed by atoms with E-state index in [2.05, 4.69) is 27.0 Å². The van der Waals surface area contributed by atoms with Gasteiger partial charge in [0, 0.05) is 52.9 Å². The lowest BCUT2D eigenvalue weighted by molar-refractivity contribution is -0.383. The normalized spacial score (nSPS) is 14.7. The summed E-state index contributed by atoms with van der Waals surface area (Å²) < 4.78 is 5.18. The lowest BCUT2D eigenvalue weighted by Crippen LogP contribution is -2.46. The Hall–Kier alpha value is -2.78. The second kappa shape index (κ2) is 10.8. The number of ether oxygens (including phenoxy) is 1. The van der Waals surface area contributed by atoms with E-state index in [1.54, 1.807) is 7.11 Å². The van der Waals surface area contributed by atoms with Crippen molar-refractivity contribution in [1.82, 2.24) is 14.9 Å². The molecule has 9 nitrogen and oxygen atoms in total. The van der Waals surface area contributed by atoms with Crippen molar-refractivity contribution in [3.63, 3.8) is 0 Å². The molecule has 2 heterocycles. The molecular formula is C21H30N6O3. The molecule has 1 fully saturated rings. The molecule has 0 bridgehead atoms. The van der Waals surface area contributed by atoms with Gasteiger partial charge in [0.15, 0.2) is 0 Å². The summed E-state index contributed by atoms with van der Waals surface area (Å²) in [4.78, 5) is 26.5. The Morgan fingerprint density at radius 2 is 1.87 bits per heavy atom. The molecule has 1 aliphatic rings. The van der Waals surface area contributed by atoms with Crippen molar-refractivity contribution in [3.8, 4) is 0 Å². The third kappa shape index (κ3) is 5.43. The van der Waals surface area contributed by atoms with Crippen LogP contribution in [0.15, 0.2) is 36.7 Å². The minimum Gasteiger partial charge on any atom is -0.383 e. The Labute approximate surface area is 177 Å². The van der Waals surface area contributed by atoms with E-state index in [1.807, 2.05) is 34.9 Å². The maximum Gasteiger partial charge on any atom is 0.353 e. The van der Waals surface area contributed by atoms with Crippen LogP contribution in [0.2, 0.25) is 0 Å². The minimum atomic E-state index is -0.351. The molecule has 0 saturated carbocycles. The summed E-state index contributed by atoms with van der Waals surface area (Å²) in [6.45, 7) is 7.66. The van der Waals surface area contributed by atoms with Crippen molar-refractivity contribution in [2.75, 3.05) is 62.8 Å². The van der Waals surface area contributed by atoms with Crippen molar-refractivity contribution in [2.45, 2.75) is 19.9 Å². The fourth-order valence-corrected chi connectivity index (χ4v) is 3.74. The molecule has 162 valence electrons. The fraction of sp³-hybridized carbons (Fsp3) is 0.524.